The fraction of sp³-hybridized carbons (Fsp3) is 0.806. The van der Waals surface area contributed by atoms with Crippen LogP contribution in [0.5, 0.6) is 0 Å². The summed E-state index contributed by atoms with van der Waals surface area (Å²) in [7, 11) is 0. The first-order valence-electron chi connectivity index (χ1n) is 17.0. The maximum atomic E-state index is 11.8. The van der Waals surface area contributed by atoms with Gasteiger partial charge in [0.15, 0.2) is 0 Å². The number of hydrogen-bond donors (Lipinski definition) is 0. The zero-order chi connectivity index (χ0) is 27.6. The van der Waals surface area contributed by atoms with Crippen molar-refractivity contribution in [3.63, 3.8) is 0 Å². The SMILES string of the molecule is CCCCCCCCCCCCCC=CC=CC=CC(=O)OCCCCCCCCCCCCCCCC. The molecule has 0 radical (unpaired) electrons. The van der Waals surface area contributed by atoms with Crippen LogP contribution < -0.4 is 0 Å². The van der Waals surface area contributed by atoms with E-state index in [9.17, 15) is 4.79 Å². The lowest BCUT2D eigenvalue weighted by molar-refractivity contribution is -0.137. The number of hydrogen-bond acceptors (Lipinski definition) is 2. The van der Waals surface area contributed by atoms with E-state index in [2.05, 4.69) is 26.0 Å². The number of rotatable bonds is 30. The number of allylic oxidation sites excluding steroid dienone is 5. The van der Waals surface area contributed by atoms with E-state index in [4.69, 9.17) is 4.74 Å². The zero-order valence-electron chi connectivity index (χ0n) is 25.9. The first-order valence-corrected chi connectivity index (χ1v) is 17.0. The Bertz CT molecular complexity index is 546. The molecule has 0 aliphatic carbocycles. The molecule has 0 aromatic rings. The molecule has 0 rings (SSSR count). The van der Waals surface area contributed by atoms with Gasteiger partial charge in [-0.2, -0.15) is 0 Å². The minimum Gasteiger partial charge on any atom is -0.463 e. The smallest absolute Gasteiger partial charge is 0.330 e. The molecule has 2 heteroatoms. The Hall–Kier alpha value is -1.31. The van der Waals surface area contributed by atoms with Gasteiger partial charge in [0.2, 0.25) is 0 Å². The molecule has 0 aliphatic heterocycles. The Morgan fingerprint density at radius 1 is 0.447 bits per heavy atom. The average molecular weight is 531 g/mol. The number of carbonyl (C=O) groups excluding carboxylic acids is 1. The summed E-state index contributed by atoms with van der Waals surface area (Å²) < 4.78 is 5.30. The molecule has 0 atom stereocenters. The van der Waals surface area contributed by atoms with Crippen molar-refractivity contribution < 1.29 is 9.53 Å². The molecule has 2 nitrogen and oxygen atoms in total. The molecule has 0 N–H and O–H groups in total. The molecule has 0 aliphatic rings. The molecule has 0 spiro atoms. The second kappa shape index (κ2) is 33.7. The van der Waals surface area contributed by atoms with Gasteiger partial charge < -0.3 is 4.74 Å². The molecule has 0 fully saturated rings. The number of ether oxygens (including phenoxy) is 1. The lowest BCUT2D eigenvalue weighted by atomic mass is 10.0. The second-order valence-electron chi connectivity index (χ2n) is 11.3. The molecule has 222 valence electrons. The second-order valence-corrected chi connectivity index (χ2v) is 11.3. The zero-order valence-corrected chi connectivity index (χ0v) is 25.9. The fourth-order valence-corrected chi connectivity index (χ4v) is 4.88. The van der Waals surface area contributed by atoms with Crippen LogP contribution in [0, 0.1) is 0 Å². The highest BCUT2D eigenvalue weighted by molar-refractivity contribution is 5.82. The Morgan fingerprint density at radius 3 is 1.26 bits per heavy atom. The van der Waals surface area contributed by atoms with Crippen molar-refractivity contribution in [2.45, 2.75) is 181 Å². The van der Waals surface area contributed by atoms with E-state index in [0.29, 0.717) is 6.61 Å². The largest absolute Gasteiger partial charge is 0.463 e. The van der Waals surface area contributed by atoms with Gasteiger partial charge >= 0.3 is 5.97 Å². The van der Waals surface area contributed by atoms with Crippen LogP contribution in [0.4, 0.5) is 0 Å². The van der Waals surface area contributed by atoms with E-state index >= 15 is 0 Å². The highest BCUT2D eigenvalue weighted by Crippen LogP contribution is 2.14. The van der Waals surface area contributed by atoms with Gasteiger partial charge in [-0.1, -0.05) is 192 Å². The lowest BCUT2D eigenvalue weighted by Crippen LogP contribution is -2.02. The van der Waals surface area contributed by atoms with Crippen LogP contribution in [-0.4, -0.2) is 12.6 Å². The van der Waals surface area contributed by atoms with Gasteiger partial charge in [-0.25, -0.2) is 4.79 Å². The first-order chi connectivity index (χ1) is 18.8. The molecule has 38 heavy (non-hydrogen) atoms. The first kappa shape index (κ1) is 36.7. The number of esters is 1. The summed E-state index contributed by atoms with van der Waals surface area (Å²) in [6.45, 7) is 5.11. The maximum Gasteiger partial charge on any atom is 0.330 e. The van der Waals surface area contributed by atoms with E-state index in [1.165, 1.54) is 154 Å². The average Bonchev–Trinajstić information content (AvgIpc) is 2.92. The van der Waals surface area contributed by atoms with Gasteiger partial charge in [0.05, 0.1) is 6.61 Å². The lowest BCUT2D eigenvalue weighted by Gasteiger charge is -2.04. The highest BCUT2D eigenvalue weighted by Gasteiger charge is 1.97. The topological polar surface area (TPSA) is 26.3 Å². The van der Waals surface area contributed by atoms with Crippen molar-refractivity contribution in [3.05, 3.63) is 36.5 Å². The summed E-state index contributed by atoms with van der Waals surface area (Å²) in [5.74, 6) is -0.228. The third-order valence-corrected chi connectivity index (χ3v) is 7.42. The van der Waals surface area contributed by atoms with Crippen molar-refractivity contribution in [3.8, 4) is 0 Å². The predicted octanol–water partition coefficient (Wildman–Crippen LogP) is 12.4. The maximum absolute atomic E-state index is 11.8. The van der Waals surface area contributed by atoms with Crippen LogP contribution in [0.15, 0.2) is 36.5 Å². The molecular weight excluding hydrogens is 464 g/mol. The molecule has 0 saturated carbocycles. The van der Waals surface area contributed by atoms with Crippen molar-refractivity contribution in [1.29, 1.82) is 0 Å². The molecular formula is C36H66O2. The van der Waals surface area contributed by atoms with Crippen molar-refractivity contribution >= 4 is 5.97 Å². The Balaban J connectivity index is 3.35. The van der Waals surface area contributed by atoms with Crippen LogP contribution in [0.3, 0.4) is 0 Å². The van der Waals surface area contributed by atoms with Gasteiger partial charge in [-0.15, -0.1) is 0 Å². The minimum atomic E-state index is -0.228. The molecule has 0 bridgehead atoms. The van der Waals surface area contributed by atoms with Crippen LogP contribution >= 0.6 is 0 Å². The highest BCUT2D eigenvalue weighted by atomic mass is 16.5. The third-order valence-electron chi connectivity index (χ3n) is 7.42. The molecule has 0 heterocycles. The molecule has 0 unspecified atom stereocenters. The molecule has 0 aromatic heterocycles. The third kappa shape index (κ3) is 32.7. The van der Waals surface area contributed by atoms with E-state index < -0.39 is 0 Å². The fourth-order valence-electron chi connectivity index (χ4n) is 4.88. The van der Waals surface area contributed by atoms with E-state index in [-0.39, 0.29) is 5.97 Å². The van der Waals surface area contributed by atoms with Crippen molar-refractivity contribution in [2.75, 3.05) is 6.61 Å². The normalized spacial score (nSPS) is 11.9. The van der Waals surface area contributed by atoms with Crippen molar-refractivity contribution in [1.82, 2.24) is 0 Å². The summed E-state index contributed by atoms with van der Waals surface area (Å²) in [4.78, 5) is 11.8. The van der Waals surface area contributed by atoms with Crippen LogP contribution in [0.25, 0.3) is 0 Å². The summed E-state index contributed by atoms with van der Waals surface area (Å²) in [5, 5.41) is 0. The van der Waals surface area contributed by atoms with Gasteiger partial charge in [0.1, 0.15) is 0 Å². The van der Waals surface area contributed by atoms with Crippen LogP contribution in [0.1, 0.15) is 181 Å². The summed E-state index contributed by atoms with van der Waals surface area (Å²) in [6.07, 6.45) is 46.7. The van der Waals surface area contributed by atoms with E-state index in [1.54, 1.807) is 6.08 Å². The van der Waals surface area contributed by atoms with E-state index in [0.717, 1.165) is 19.3 Å². The molecule has 0 amide bonds. The standard InChI is InChI=1S/C36H66O2/c1-3-5-7-9-11-13-15-17-19-20-21-22-24-26-28-30-32-34-36(37)38-35-33-31-29-27-25-23-18-16-14-12-10-8-6-4-2/h24,26,28,30,32,34H,3-23,25,27,29,31,33,35H2,1-2H3. The van der Waals surface area contributed by atoms with Crippen LogP contribution in [-0.2, 0) is 9.53 Å². The van der Waals surface area contributed by atoms with Gasteiger partial charge in [0.25, 0.3) is 0 Å². The Kier molecular flexibility index (Phi) is 32.6. The van der Waals surface area contributed by atoms with Gasteiger partial charge in [-0.05, 0) is 19.3 Å². The van der Waals surface area contributed by atoms with Crippen molar-refractivity contribution in [2.24, 2.45) is 0 Å². The predicted molar refractivity (Wildman–Crippen MR) is 170 cm³/mol. The number of carbonyl (C=O) groups is 1. The summed E-state index contributed by atoms with van der Waals surface area (Å²) in [5.41, 5.74) is 0. The summed E-state index contributed by atoms with van der Waals surface area (Å²) >= 11 is 0. The quantitative estimate of drug-likeness (QED) is 0.0399. The van der Waals surface area contributed by atoms with Gasteiger partial charge in [0, 0.05) is 6.08 Å². The van der Waals surface area contributed by atoms with Crippen LogP contribution in [0.2, 0.25) is 0 Å². The Morgan fingerprint density at radius 2 is 0.816 bits per heavy atom. The molecule has 0 saturated heterocycles. The summed E-state index contributed by atoms with van der Waals surface area (Å²) in [6, 6.07) is 0. The molecule has 0 aromatic carbocycles. The van der Waals surface area contributed by atoms with E-state index in [1.807, 2.05) is 12.2 Å². The minimum absolute atomic E-state index is 0.228. The van der Waals surface area contributed by atoms with Gasteiger partial charge in [-0.3, -0.25) is 0 Å². The monoisotopic (exact) mass is 531 g/mol. The number of unbranched alkanes of at least 4 members (excludes halogenated alkanes) is 24. The Labute approximate surface area is 239 Å².